The second kappa shape index (κ2) is 5.27. The first-order valence-electron chi connectivity index (χ1n) is 8.69. The maximum atomic E-state index is 11.8. The van der Waals surface area contributed by atoms with Gasteiger partial charge in [-0.25, -0.2) is 0 Å². The molecule has 0 radical (unpaired) electrons. The number of nitrogens with zero attached hydrogens (tertiary/aromatic N) is 2. The number of Topliss-reactive ketones (excluding diaryl/α,β-unsaturated/α-hetero) is 1. The zero-order valence-electron chi connectivity index (χ0n) is 13.7. The highest BCUT2D eigenvalue weighted by molar-refractivity contribution is 6.00. The summed E-state index contributed by atoms with van der Waals surface area (Å²) >= 11 is 0. The van der Waals surface area contributed by atoms with Crippen LogP contribution in [-0.2, 0) is 9.53 Å². The number of piperidine rings is 1. The molecule has 0 aromatic heterocycles. The summed E-state index contributed by atoms with van der Waals surface area (Å²) in [6.45, 7) is 4.89. The van der Waals surface area contributed by atoms with Gasteiger partial charge in [0, 0.05) is 23.6 Å². The lowest BCUT2D eigenvalue weighted by Crippen LogP contribution is -2.56. The number of hydrogen-bond donors (Lipinski definition) is 0. The van der Waals surface area contributed by atoms with E-state index in [2.05, 4.69) is 18.0 Å². The molecule has 4 heteroatoms. The van der Waals surface area contributed by atoms with Crippen LogP contribution in [0.15, 0.2) is 16.6 Å². The van der Waals surface area contributed by atoms with Gasteiger partial charge >= 0.3 is 0 Å². The van der Waals surface area contributed by atoms with Gasteiger partial charge < -0.3 is 9.64 Å². The number of fused-ring (bicyclic) bond motifs is 4. The topological polar surface area (TPSA) is 41.9 Å². The predicted octanol–water partition coefficient (Wildman–Crippen LogP) is 2.24. The number of hydrogen-bond acceptors (Lipinski definition) is 4. The van der Waals surface area contributed by atoms with Gasteiger partial charge in [0.05, 0.1) is 6.10 Å². The van der Waals surface area contributed by atoms with E-state index in [1.165, 1.54) is 24.1 Å². The summed E-state index contributed by atoms with van der Waals surface area (Å²) in [5, 5.41) is 0. The van der Waals surface area contributed by atoms with Crippen LogP contribution in [0, 0.1) is 11.3 Å². The number of ketones is 1. The second-order valence-corrected chi connectivity index (χ2v) is 7.56. The minimum absolute atomic E-state index is 0.144. The van der Waals surface area contributed by atoms with Crippen LogP contribution in [0.2, 0.25) is 0 Å². The molecule has 2 saturated heterocycles. The largest absolute Gasteiger partial charge is 0.362 e. The summed E-state index contributed by atoms with van der Waals surface area (Å²) in [7, 11) is 2.20. The zero-order chi connectivity index (χ0) is 15.3. The first-order chi connectivity index (χ1) is 10.6. The van der Waals surface area contributed by atoms with E-state index in [0.29, 0.717) is 5.92 Å². The number of aliphatic imine (C=N–C) groups is 1. The Bertz CT molecular complexity index is 543. The van der Waals surface area contributed by atoms with Crippen LogP contribution in [0.3, 0.4) is 0 Å². The molecule has 0 amide bonds. The average Bonchev–Trinajstić information content (AvgIpc) is 2.98. The van der Waals surface area contributed by atoms with Crippen LogP contribution in [0.25, 0.3) is 0 Å². The molecule has 0 N–H and O–H groups in total. The molecule has 0 bridgehead atoms. The van der Waals surface area contributed by atoms with Crippen molar-refractivity contribution in [1.29, 1.82) is 0 Å². The van der Waals surface area contributed by atoms with Crippen molar-refractivity contribution >= 4 is 11.5 Å². The molecule has 4 rings (SSSR count). The molecular formula is C18H26N2O2. The smallest absolute Gasteiger partial charge is 0.158 e. The Labute approximate surface area is 132 Å². The van der Waals surface area contributed by atoms with E-state index in [1.807, 2.05) is 0 Å². The minimum Gasteiger partial charge on any atom is -0.362 e. The van der Waals surface area contributed by atoms with Gasteiger partial charge in [-0.1, -0.05) is 0 Å². The maximum Gasteiger partial charge on any atom is 0.158 e. The number of carbonyl (C=O) groups is 1. The van der Waals surface area contributed by atoms with Crippen LogP contribution in [-0.4, -0.2) is 55.3 Å². The standard InChI is InChI=1S/C18H26N2O2/c1-12(21)16-4-3-13-11-15-14(5-8-19-15)18(17(13)22-16)6-9-20(2)10-7-18/h11,14,16-17H,3-10H2,1-2H3. The lowest BCUT2D eigenvalue weighted by atomic mass is 9.58. The molecule has 0 aromatic carbocycles. The quantitative estimate of drug-likeness (QED) is 0.746. The Kier molecular flexibility index (Phi) is 3.50. The van der Waals surface area contributed by atoms with Crippen molar-refractivity contribution < 1.29 is 9.53 Å². The summed E-state index contributed by atoms with van der Waals surface area (Å²) in [6.07, 6.45) is 7.59. The molecule has 120 valence electrons. The van der Waals surface area contributed by atoms with Gasteiger partial charge in [0.25, 0.3) is 0 Å². The van der Waals surface area contributed by atoms with E-state index in [0.717, 1.165) is 38.9 Å². The van der Waals surface area contributed by atoms with Crippen molar-refractivity contribution in [2.75, 3.05) is 26.7 Å². The molecule has 3 heterocycles. The van der Waals surface area contributed by atoms with Gasteiger partial charge in [-0.2, -0.15) is 0 Å². The Morgan fingerprint density at radius 2 is 2.14 bits per heavy atom. The zero-order valence-corrected chi connectivity index (χ0v) is 13.7. The second-order valence-electron chi connectivity index (χ2n) is 7.56. The van der Waals surface area contributed by atoms with Gasteiger partial charge in [0.2, 0.25) is 0 Å². The van der Waals surface area contributed by atoms with Crippen molar-refractivity contribution in [2.45, 2.75) is 51.2 Å². The van der Waals surface area contributed by atoms with Gasteiger partial charge in [-0.15, -0.1) is 0 Å². The minimum atomic E-state index is -0.196. The van der Waals surface area contributed by atoms with Crippen LogP contribution >= 0.6 is 0 Å². The summed E-state index contributed by atoms with van der Waals surface area (Å²) in [6, 6.07) is 0. The van der Waals surface area contributed by atoms with Gasteiger partial charge in [0.1, 0.15) is 6.10 Å². The Balaban J connectivity index is 1.72. The molecule has 4 aliphatic rings. The van der Waals surface area contributed by atoms with Crippen molar-refractivity contribution in [2.24, 2.45) is 16.3 Å². The average molecular weight is 302 g/mol. The number of carbonyl (C=O) groups excluding carboxylic acids is 1. The Morgan fingerprint density at radius 3 is 2.86 bits per heavy atom. The molecule has 3 aliphatic heterocycles. The SMILES string of the molecule is CC(=O)C1CCC2=CC3=NCCC3C3(CCN(C)CC3)C2O1. The highest BCUT2D eigenvalue weighted by Gasteiger charge is 2.55. The predicted molar refractivity (Wildman–Crippen MR) is 86.2 cm³/mol. The van der Waals surface area contributed by atoms with Crippen LogP contribution in [0.5, 0.6) is 0 Å². The summed E-state index contributed by atoms with van der Waals surface area (Å²) in [4.78, 5) is 19.0. The molecule has 0 aromatic rings. The highest BCUT2D eigenvalue weighted by atomic mass is 16.5. The van der Waals surface area contributed by atoms with E-state index in [-0.39, 0.29) is 23.4 Å². The molecule has 4 nitrogen and oxygen atoms in total. The number of allylic oxidation sites excluding steroid dienone is 1. The van der Waals surface area contributed by atoms with E-state index in [1.54, 1.807) is 6.92 Å². The number of likely N-dealkylation sites (tertiary alicyclic amines) is 1. The van der Waals surface area contributed by atoms with Crippen LogP contribution in [0.1, 0.15) is 39.0 Å². The van der Waals surface area contributed by atoms with Crippen molar-refractivity contribution in [1.82, 2.24) is 4.90 Å². The molecule has 3 unspecified atom stereocenters. The van der Waals surface area contributed by atoms with Crippen molar-refractivity contribution in [3.63, 3.8) is 0 Å². The number of rotatable bonds is 1. The third kappa shape index (κ3) is 2.11. The van der Waals surface area contributed by atoms with E-state index in [4.69, 9.17) is 9.73 Å². The fourth-order valence-electron chi connectivity index (χ4n) is 5.03. The summed E-state index contributed by atoms with van der Waals surface area (Å²) < 4.78 is 6.40. The van der Waals surface area contributed by atoms with Gasteiger partial charge in [0.15, 0.2) is 5.78 Å². The van der Waals surface area contributed by atoms with Crippen LogP contribution in [0.4, 0.5) is 0 Å². The third-order valence-electron chi connectivity index (χ3n) is 6.32. The van der Waals surface area contributed by atoms with E-state index in [9.17, 15) is 4.79 Å². The van der Waals surface area contributed by atoms with Crippen LogP contribution < -0.4 is 0 Å². The maximum absolute atomic E-state index is 11.8. The van der Waals surface area contributed by atoms with Gasteiger partial charge in [-0.3, -0.25) is 9.79 Å². The molecular weight excluding hydrogens is 276 g/mol. The normalized spacial score (nSPS) is 37.3. The number of ether oxygens (including phenoxy) is 1. The molecule has 2 fully saturated rings. The third-order valence-corrected chi connectivity index (χ3v) is 6.32. The molecule has 0 saturated carbocycles. The van der Waals surface area contributed by atoms with Gasteiger partial charge in [-0.05, 0) is 70.8 Å². The molecule has 22 heavy (non-hydrogen) atoms. The van der Waals surface area contributed by atoms with Crippen molar-refractivity contribution in [3.8, 4) is 0 Å². The lowest BCUT2D eigenvalue weighted by Gasteiger charge is -2.54. The Morgan fingerprint density at radius 1 is 1.36 bits per heavy atom. The fraction of sp³-hybridized carbons (Fsp3) is 0.778. The first kappa shape index (κ1) is 14.6. The highest BCUT2D eigenvalue weighted by Crippen LogP contribution is 2.53. The first-order valence-corrected chi connectivity index (χ1v) is 8.69. The molecule has 1 spiro atoms. The summed E-state index contributed by atoms with van der Waals surface area (Å²) in [5.41, 5.74) is 2.90. The fourth-order valence-corrected chi connectivity index (χ4v) is 5.03. The van der Waals surface area contributed by atoms with E-state index < -0.39 is 0 Å². The molecule has 3 atom stereocenters. The van der Waals surface area contributed by atoms with Crippen molar-refractivity contribution in [3.05, 3.63) is 11.6 Å². The lowest BCUT2D eigenvalue weighted by molar-refractivity contribution is -0.148. The summed E-state index contributed by atoms with van der Waals surface area (Å²) in [5.74, 6) is 0.730. The molecule has 1 aliphatic carbocycles. The monoisotopic (exact) mass is 302 g/mol. The Hall–Kier alpha value is -1.00. The van der Waals surface area contributed by atoms with E-state index >= 15 is 0 Å².